The zero-order valence-electron chi connectivity index (χ0n) is 18.7. The predicted octanol–water partition coefficient (Wildman–Crippen LogP) is 2.38. The third kappa shape index (κ3) is 4.54. The molecule has 1 saturated heterocycles. The molecule has 3 heterocycles. The summed E-state index contributed by atoms with van der Waals surface area (Å²) in [5.41, 5.74) is 1.31. The van der Waals surface area contributed by atoms with E-state index in [9.17, 15) is 19.2 Å². The molecule has 0 aromatic heterocycles. The number of thioether (sulfide) groups is 1. The molecule has 180 valence electrons. The quantitative estimate of drug-likeness (QED) is 0.629. The van der Waals surface area contributed by atoms with Gasteiger partial charge in [0.15, 0.2) is 17.6 Å². The van der Waals surface area contributed by atoms with Crippen molar-refractivity contribution in [1.82, 2.24) is 10.2 Å². The van der Waals surface area contributed by atoms with Crippen LogP contribution in [0.5, 0.6) is 17.2 Å². The molecule has 0 radical (unpaired) electrons. The predicted molar refractivity (Wildman–Crippen MR) is 127 cm³/mol. The van der Waals surface area contributed by atoms with Crippen molar-refractivity contribution in [1.29, 1.82) is 0 Å². The average Bonchev–Trinajstić information content (AvgIpc) is 3.42. The van der Waals surface area contributed by atoms with Crippen LogP contribution in [-0.2, 0) is 14.4 Å². The number of amides is 4. The second-order valence-corrected chi connectivity index (χ2v) is 8.93. The van der Waals surface area contributed by atoms with Gasteiger partial charge < -0.3 is 24.4 Å². The minimum atomic E-state index is -0.908. The fourth-order valence-electron chi connectivity index (χ4n) is 3.92. The summed E-state index contributed by atoms with van der Waals surface area (Å²) >= 11 is 0.838. The molecule has 5 rings (SSSR count). The zero-order chi connectivity index (χ0) is 24.5. The van der Waals surface area contributed by atoms with Gasteiger partial charge in [-0.05, 0) is 47.7 Å². The molecule has 4 amide bonds. The van der Waals surface area contributed by atoms with Gasteiger partial charge >= 0.3 is 0 Å². The first-order chi connectivity index (χ1) is 16.9. The van der Waals surface area contributed by atoms with E-state index in [-0.39, 0.29) is 37.2 Å². The summed E-state index contributed by atoms with van der Waals surface area (Å²) in [6, 6.07) is 12.2. The van der Waals surface area contributed by atoms with E-state index >= 15 is 0 Å². The molecule has 0 spiro atoms. The van der Waals surface area contributed by atoms with Crippen molar-refractivity contribution in [2.45, 2.75) is 13.0 Å². The van der Waals surface area contributed by atoms with Crippen LogP contribution in [0.3, 0.4) is 0 Å². The Morgan fingerprint density at radius 2 is 1.91 bits per heavy atom. The van der Waals surface area contributed by atoms with Crippen LogP contribution < -0.4 is 24.4 Å². The number of hydrogen-bond acceptors (Lipinski definition) is 8. The molecule has 10 nitrogen and oxygen atoms in total. The molecule has 0 aliphatic carbocycles. The molecule has 2 aromatic carbocycles. The van der Waals surface area contributed by atoms with Crippen LogP contribution in [0.15, 0.2) is 47.4 Å². The second kappa shape index (κ2) is 9.34. The van der Waals surface area contributed by atoms with Crippen molar-refractivity contribution in [3.63, 3.8) is 0 Å². The lowest BCUT2D eigenvalue weighted by Crippen LogP contribution is -2.51. The molecule has 3 aliphatic heterocycles. The Labute approximate surface area is 204 Å². The van der Waals surface area contributed by atoms with Crippen LogP contribution in [0.2, 0.25) is 0 Å². The van der Waals surface area contributed by atoms with Gasteiger partial charge in [-0.15, -0.1) is 0 Å². The van der Waals surface area contributed by atoms with E-state index in [0.717, 1.165) is 16.7 Å². The van der Waals surface area contributed by atoms with E-state index in [1.165, 1.54) is 11.8 Å². The lowest BCUT2D eigenvalue weighted by Gasteiger charge is -2.33. The number of hydrogen-bond donors (Lipinski definition) is 1. The van der Waals surface area contributed by atoms with Crippen molar-refractivity contribution < 1.29 is 33.4 Å². The van der Waals surface area contributed by atoms with Gasteiger partial charge in [-0.25, -0.2) is 0 Å². The molecule has 2 aromatic rings. The highest BCUT2D eigenvalue weighted by atomic mass is 32.2. The summed E-state index contributed by atoms with van der Waals surface area (Å²) < 4.78 is 16.4. The number of ether oxygens (including phenoxy) is 3. The van der Waals surface area contributed by atoms with Crippen LogP contribution in [0, 0.1) is 0 Å². The standard InChI is InChI=1S/C24H21N3O7S/c1-14(28)27-12-20(34-17-5-3-2-4-16(17)27)22(29)25-8-9-26-23(30)21(35-24(26)31)11-15-6-7-18-19(10-15)33-13-32-18/h2-7,10-11,20H,8-9,12-13H2,1H3,(H,25,29)/b21-11-. The van der Waals surface area contributed by atoms with Crippen LogP contribution in [0.25, 0.3) is 6.08 Å². The average molecular weight is 496 g/mol. The lowest BCUT2D eigenvalue weighted by molar-refractivity contribution is -0.129. The van der Waals surface area contributed by atoms with Crippen LogP contribution in [0.1, 0.15) is 12.5 Å². The van der Waals surface area contributed by atoms with E-state index in [2.05, 4.69) is 5.32 Å². The Kier molecular flexibility index (Phi) is 6.08. The van der Waals surface area contributed by atoms with Crippen LogP contribution >= 0.6 is 11.8 Å². The number of carbonyl (C=O) groups excluding carboxylic acids is 4. The second-order valence-electron chi connectivity index (χ2n) is 7.94. The van der Waals surface area contributed by atoms with Gasteiger partial charge in [0.25, 0.3) is 17.1 Å². The molecular formula is C24H21N3O7S. The molecule has 11 heteroatoms. The van der Waals surface area contributed by atoms with E-state index in [4.69, 9.17) is 14.2 Å². The summed E-state index contributed by atoms with van der Waals surface area (Å²) in [4.78, 5) is 52.8. The van der Waals surface area contributed by atoms with Crippen molar-refractivity contribution >= 4 is 46.5 Å². The SMILES string of the molecule is CC(=O)N1CC(C(=O)NCCN2C(=O)S/C(=C\c3ccc4c(c3)OCO4)C2=O)Oc2ccccc21. The minimum Gasteiger partial charge on any atom is -0.477 e. The van der Waals surface area contributed by atoms with Crippen LogP contribution in [-0.4, -0.2) is 60.4 Å². The largest absolute Gasteiger partial charge is 0.477 e. The normalized spacial score (nSPS) is 19.6. The van der Waals surface area contributed by atoms with Crippen molar-refractivity contribution in [2.75, 3.05) is 31.3 Å². The molecular weight excluding hydrogens is 474 g/mol. The third-order valence-electron chi connectivity index (χ3n) is 5.65. The van der Waals surface area contributed by atoms with E-state index in [1.807, 2.05) is 0 Å². The summed E-state index contributed by atoms with van der Waals surface area (Å²) in [5.74, 6) is 0.574. The molecule has 1 unspecified atom stereocenters. The maximum Gasteiger partial charge on any atom is 0.293 e. The maximum atomic E-state index is 12.8. The van der Waals surface area contributed by atoms with E-state index < -0.39 is 23.2 Å². The minimum absolute atomic E-state index is 0.00855. The lowest BCUT2D eigenvalue weighted by atomic mass is 10.1. The van der Waals surface area contributed by atoms with Gasteiger partial charge in [0.1, 0.15) is 5.75 Å². The first-order valence-corrected chi connectivity index (χ1v) is 11.7. The Balaban J connectivity index is 1.19. The molecule has 0 bridgehead atoms. The number of carbonyl (C=O) groups is 4. The number of nitrogens with one attached hydrogen (secondary N) is 1. The number of para-hydroxylation sites is 2. The van der Waals surface area contributed by atoms with Gasteiger partial charge in [0.2, 0.25) is 12.7 Å². The Morgan fingerprint density at radius 1 is 1.11 bits per heavy atom. The molecule has 3 aliphatic rings. The number of anilines is 1. The zero-order valence-corrected chi connectivity index (χ0v) is 19.5. The maximum absolute atomic E-state index is 12.8. The van der Waals surface area contributed by atoms with E-state index in [1.54, 1.807) is 48.5 Å². The Bertz CT molecular complexity index is 1260. The highest BCUT2D eigenvalue weighted by Gasteiger charge is 2.36. The van der Waals surface area contributed by atoms with Crippen molar-refractivity contribution in [3.8, 4) is 17.2 Å². The summed E-state index contributed by atoms with van der Waals surface area (Å²) in [6.45, 7) is 1.70. The Morgan fingerprint density at radius 3 is 2.74 bits per heavy atom. The molecule has 35 heavy (non-hydrogen) atoms. The number of benzene rings is 2. The monoisotopic (exact) mass is 495 g/mol. The van der Waals surface area contributed by atoms with Gasteiger partial charge in [-0.2, -0.15) is 0 Å². The third-order valence-corrected chi connectivity index (χ3v) is 6.56. The first-order valence-electron chi connectivity index (χ1n) is 10.9. The van der Waals surface area contributed by atoms with Gasteiger partial charge in [-0.1, -0.05) is 18.2 Å². The van der Waals surface area contributed by atoms with Crippen molar-refractivity contribution in [3.05, 3.63) is 52.9 Å². The number of imide groups is 1. The summed E-state index contributed by atoms with van der Waals surface area (Å²) in [7, 11) is 0. The number of fused-ring (bicyclic) bond motifs is 2. The summed E-state index contributed by atoms with van der Waals surface area (Å²) in [6.07, 6.45) is 0.712. The highest BCUT2D eigenvalue weighted by molar-refractivity contribution is 8.18. The highest BCUT2D eigenvalue weighted by Crippen LogP contribution is 2.36. The fraction of sp³-hybridized carbons (Fsp3) is 0.250. The number of rotatable bonds is 5. The fourth-order valence-corrected chi connectivity index (χ4v) is 4.79. The topological polar surface area (TPSA) is 114 Å². The molecule has 1 N–H and O–H groups in total. The number of nitrogens with zero attached hydrogens (tertiary/aromatic N) is 2. The van der Waals surface area contributed by atoms with E-state index in [0.29, 0.717) is 28.5 Å². The van der Waals surface area contributed by atoms with Gasteiger partial charge in [-0.3, -0.25) is 24.1 Å². The molecule has 1 fully saturated rings. The Hall–Kier alpha value is -3.99. The molecule has 1 atom stereocenters. The van der Waals surface area contributed by atoms with Crippen molar-refractivity contribution in [2.24, 2.45) is 0 Å². The van der Waals surface area contributed by atoms with Gasteiger partial charge in [0.05, 0.1) is 17.1 Å². The smallest absolute Gasteiger partial charge is 0.293 e. The van der Waals surface area contributed by atoms with Crippen LogP contribution in [0.4, 0.5) is 10.5 Å². The first kappa shape index (κ1) is 22.8. The van der Waals surface area contributed by atoms with Gasteiger partial charge in [0, 0.05) is 20.0 Å². The summed E-state index contributed by atoms with van der Waals surface area (Å²) in [5, 5.41) is 2.28. The molecule has 0 saturated carbocycles.